The van der Waals surface area contributed by atoms with E-state index in [0.717, 1.165) is 0 Å². The van der Waals surface area contributed by atoms with E-state index in [1.165, 1.54) is 4.90 Å². The topological polar surface area (TPSA) is 29.3 Å². The van der Waals surface area contributed by atoms with E-state index in [0.29, 0.717) is 24.9 Å². The minimum absolute atomic E-state index is 0.325. The summed E-state index contributed by atoms with van der Waals surface area (Å²) in [6.45, 7) is 4.62. The van der Waals surface area contributed by atoms with Crippen molar-refractivity contribution in [2.75, 3.05) is 19.6 Å². The van der Waals surface area contributed by atoms with Crippen LogP contribution in [0, 0.1) is 11.8 Å². The lowest BCUT2D eigenvalue weighted by molar-refractivity contribution is -0.178. The number of hydrogen-bond acceptors (Lipinski definition) is 2. The van der Waals surface area contributed by atoms with Crippen LogP contribution in [0.15, 0.2) is 0 Å². The molecular weight excluding hydrogens is 193 g/mol. The molecule has 0 aromatic heterocycles. The molecule has 0 aliphatic carbocycles. The largest absolute Gasteiger partial charge is 0.405 e. The van der Waals surface area contributed by atoms with Gasteiger partial charge in [-0.1, -0.05) is 13.8 Å². The molecule has 1 aliphatic heterocycles. The molecule has 2 N–H and O–H groups in total. The first kappa shape index (κ1) is 11.8. The van der Waals surface area contributed by atoms with Crippen LogP contribution in [0.3, 0.4) is 0 Å². The molecule has 3 atom stereocenters. The van der Waals surface area contributed by atoms with Gasteiger partial charge in [0.25, 0.3) is 0 Å². The molecule has 0 bridgehead atoms. The molecule has 0 aromatic carbocycles. The third-order valence-corrected chi connectivity index (χ3v) is 3.06. The molecule has 3 unspecified atom stereocenters. The monoisotopic (exact) mass is 210 g/mol. The molecule has 0 spiro atoms. The first-order valence-corrected chi connectivity index (χ1v) is 4.87. The van der Waals surface area contributed by atoms with E-state index in [9.17, 15) is 13.2 Å². The van der Waals surface area contributed by atoms with Crippen LogP contribution < -0.4 is 5.73 Å². The fourth-order valence-corrected chi connectivity index (χ4v) is 1.92. The number of rotatable bonds is 2. The smallest absolute Gasteiger partial charge is 0.329 e. The van der Waals surface area contributed by atoms with Crippen molar-refractivity contribution in [2.24, 2.45) is 17.6 Å². The van der Waals surface area contributed by atoms with E-state index in [2.05, 4.69) is 0 Å². The Hall–Kier alpha value is -0.290. The standard InChI is InChI=1S/C9H17F3N2/c1-6-4-14(5-7(6)2)8(3-13)9(10,11)12/h6-8H,3-5,13H2,1-2H3. The summed E-state index contributed by atoms with van der Waals surface area (Å²) >= 11 is 0. The van der Waals surface area contributed by atoms with Gasteiger partial charge in [0.05, 0.1) is 0 Å². The summed E-state index contributed by atoms with van der Waals surface area (Å²) in [5.41, 5.74) is 5.17. The molecule has 0 amide bonds. The van der Waals surface area contributed by atoms with Gasteiger partial charge in [-0.3, -0.25) is 4.90 Å². The van der Waals surface area contributed by atoms with Crippen LogP contribution in [0.4, 0.5) is 13.2 Å². The summed E-state index contributed by atoms with van der Waals surface area (Å²) in [6, 6.07) is -1.46. The van der Waals surface area contributed by atoms with Crippen LogP contribution >= 0.6 is 0 Å². The second kappa shape index (κ2) is 4.06. The molecule has 14 heavy (non-hydrogen) atoms. The van der Waals surface area contributed by atoms with Gasteiger partial charge in [0.1, 0.15) is 6.04 Å². The highest BCUT2D eigenvalue weighted by Gasteiger charge is 2.45. The summed E-state index contributed by atoms with van der Waals surface area (Å²) in [5.74, 6) is 0.651. The number of nitrogens with two attached hydrogens (primary N) is 1. The minimum atomic E-state index is -4.20. The van der Waals surface area contributed by atoms with Crippen LogP contribution in [0.2, 0.25) is 0 Å². The predicted octanol–water partition coefficient (Wildman–Crippen LogP) is 1.46. The Bertz CT molecular complexity index is 183. The number of likely N-dealkylation sites (tertiary alicyclic amines) is 1. The van der Waals surface area contributed by atoms with Crippen LogP contribution in [-0.4, -0.2) is 36.8 Å². The second-order valence-electron chi connectivity index (χ2n) is 4.20. The van der Waals surface area contributed by atoms with Gasteiger partial charge in [-0.15, -0.1) is 0 Å². The van der Waals surface area contributed by atoms with E-state index in [1.54, 1.807) is 0 Å². The molecule has 2 nitrogen and oxygen atoms in total. The second-order valence-corrected chi connectivity index (χ2v) is 4.20. The molecule has 1 heterocycles. The summed E-state index contributed by atoms with van der Waals surface area (Å²) in [5, 5.41) is 0. The molecule has 1 saturated heterocycles. The summed E-state index contributed by atoms with van der Waals surface area (Å²) in [4.78, 5) is 1.45. The number of alkyl halides is 3. The first-order chi connectivity index (χ1) is 6.36. The van der Waals surface area contributed by atoms with E-state index in [-0.39, 0.29) is 6.54 Å². The normalized spacial score (nSPS) is 32.1. The Labute approximate surface area is 82.2 Å². The van der Waals surface area contributed by atoms with Crippen molar-refractivity contribution in [1.29, 1.82) is 0 Å². The quantitative estimate of drug-likeness (QED) is 0.747. The van der Waals surface area contributed by atoms with E-state index in [1.807, 2.05) is 13.8 Å². The van der Waals surface area contributed by atoms with Crippen molar-refractivity contribution in [1.82, 2.24) is 4.90 Å². The van der Waals surface area contributed by atoms with Crippen molar-refractivity contribution in [2.45, 2.75) is 26.1 Å². The molecule has 0 radical (unpaired) electrons. The lowest BCUT2D eigenvalue weighted by atomic mass is 10.0. The highest BCUT2D eigenvalue weighted by Crippen LogP contribution is 2.30. The zero-order chi connectivity index (χ0) is 10.9. The molecule has 1 rings (SSSR count). The minimum Gasteiger partial charge on any atom is -0.329 e. The zero-order valence-corrected chi connectivity index (χ0v) is 8.51. The fourth-order valence-electron chi connectivity index (χ4n) is 1.92. The average Bonchev–Trinajstić information content (AvgIpc) is 2.30. The zero-order valence-electron chi connectivity index (χ0n) is 8.51. The first-order valence-electron chi connectivity index (χ1n) is 4.87. The molecule has 84 valence electrons. The van der Waals surface area contributed by atoms with Crippen LogP contribution in [0.5, 0.6) is 0 Å². The lowest BCUT2D eigenvalue weighted by Gasteiger charge is -2.28. The van der Waals surface area contributed by atoms with Crippen molar-refractivity contribution in [3.05, 3.63) is 0 Å². The van der Waals surface area contributed by atoms with Gasteiger partial charge in [-0.05, 0) is 11.8 Å². The highest BCUT2D eigenvalue weighted by atomic mass is 19.4. The Morgan fingerprint density at radius 3 is 2.00 bits per heavy atom. The Morgan fingerprint density at radius 2 is 1.71 bits per heavy atom. The third-order valence-electron chi connectivity index (χ3n) is 3.06. The van der Waals surface area contributed by atoms with Crippen molar-refractivity contribution < 1.29 is 13.2 Å². The van der Waals surface area contributed by atoms with Crippen molar-refractivity contribution >= 4 is 0 Å². The predicted molar refractivity (Wildman–Crippen MR) is 48.8 cm³/mol. The van der Waals surface area contributed by atoms with E-state index < -0.39 is 12.2 Å². The van der Waals surface area contributed by atoms with Gasteiger partial charge >= 0.3 is 6.18 Å². The molecule has 0 aromatic rings. The Morgan fingerprint density at radius 1 is 1.29 bits per heavy atom. The van der Waals surface area contributed by atoms with Gasteiger partial charge in [0, 0.05) is 19.6 Å². The van der Waals surface area contributed by atoms with Gasteiger partial charge in [0.15, 0.2) is 0 Å². The summed E-state index contributed by atoms with van der Waals surface area (Å²) in [7, 11) is 0. The maximum atomic E-state index is 12.5. The summed E-state index contributed by atoms with van der Waals surface area (Å²) < 4.78 is 37.5. The number of halogens is 3. The molecular formula is C9H17F3N2. The fraction of sp³-hybridized carbons (Fsp3) is 1.00. The average molecular weight is 210 g/mol. The van der Waals surface area contributed by atoms with Crippen LogP contribution in [0.1, 0.15) is 13.8 Å². The maximum absolute atomic E-state index is 12.5. The molecule has 5 heteroatoms. The molecule has 1 aliphatic rings. The SMILES string of the molecule is CC1CN(C(CN)C(F)(F)F)CC1C. The van der Waals surface area contributed by atoms with Crippen molar-refractivity contribution in [3.8, 4) is 0 Å². The van der Waals surface area contributed by atoms with Gasteiger partial charge in [-0.2, -0.15) is 13.2 Å². The van der Waals surface area contributed by atoms with Gasteiger partial charge in [-0.25, -0.2) is 0 Å². The van der Waals surface area contributed by atoms with E-state index >= 15 is 0 Å². The van der Waals surface area contributed by atoms with Crippen LogP contribution in [-0.2, 0) is 0 Å². The summed E-state index contributed by atoms with van der Waals surface area (Å²) in [6.07, 6.45) is -4.20. The Balaban J connectivity index is 2.64. The van der Waals surface area contributed by atoms with Crippen molar-refractivity contribution in [3.63, 3.8) is 0 Å². The highest BCUT2D eigenvalue weighted by molar-refractivity contribution is 4.87. The van der Waals surface area contributed by atoms with Gasteiger partial charge in [0.2, 0.25) is 0 Å². The Kier molecular flexibility index (Phi) is 3.42. The van der Waals surface area contributed by atoms with Crippen LogP contribution in [0.25, 0.3) is 0 Å². The third kappa shape index (κ3) is 2.39. The number of nitrogens with zero attached hydrogens (tertiary/aromatic N) is 1. The number of hydrogen-bond donors (Lipinski definition) is 1. The van der Waals surface area contributed by atoms with E-state index in [4.69, 9.17) is 5.73 Å². The molecule has 1 fully saturated rings. The molecule has 0 saturated carbocycles. The van der Waals surface area contributed by atoms with Gasteiger partial charge < -0.3 is 5.73 Å². The lowest BCUT2D eigenvalue weighted by Crippen LogP contribution is -2.49. The maximum Gasteiger partial charge on any atom is 0.405 e.